The zero-order chi connectivity index (χ0) is 22.5. The molecule has 3 heterocycles. The number of imidazole rings is 1. The Morgan fingerprint density at radius 1 is 1.26 bits per heavy atom. The number of aromatic amines is 1. The molecule has 2 saturated heterocycles. The van der Waals surface area contributed by atoms with Gasteiger partial charge in [0, 0.05) is 19.7 Å². The van der Waals surface area contributed by atoms with Crippen LogP contribution in [0.2, 0.25) is 5.15 Å². The second kappa shape index (κ2) is 10.3. The van der Waals surface area contributed by atoms with E-state index in [-0.39, 0.29) is 29.9 Å². The summed E-state index contributed by atoms with van der Waals surface area (Å²) >= 11 is 6.04. The highest BCUT2D eigenvalue weighted by atomic mass is 35.5. The summed E-state index contributed by atoms with van der Waals surface area (Å²) < 4.78 is 10.7. The van der Waals surface area contributed by atoms with Gasteiger partial charge in [0.2, 0.25) is 0 Å². The fourth-order valence-corrected chi connectivity index (χ4v) is 4.43. The summed E-state index contributed by atoms with van der Waals surface area (Å²) in [7, 11) is 1.33. The van der Waals surface area contributed by atoms with Gasteiger partial charge in [-0.05, 0) is 32.6 Å². The molecule has 31 heavy (non-hydrogen) atoms. The molecule has 2 aliphatic rings. The van der Waals surface area contributed by atoms with E-state index in [1.54, 1.807) is 9.80 Å². The largest absolute Gasteiger partial charge is 0.467 e. The van der Waals surface area contributed by atoms with Crippen molar-refractivity contribution in [2.24, 2.45) is 0 Å². The van der Waals surface area contributed by atoms with Gasteiger partial charge < -0.3 is 29.6 Å². The fourth-order valence-electron chi connectivity index (χ4n) is 4.16. The summed E-state index contributed by atoms with van der Waals surface area (Å²) in [4.78, 5) is 48.0. The number of nitrogens with one attached hydrogen (secondary N) is 2. The Hall–Kier alpha value is -2.33. The minimum Gasteiger partial charge on any atom is -0.467 e. The second-order valence-electron chi connectivity index (χ2n) is 7.67. The van der Waals surface area contributed by atoms with Crippen molar-refractivity contribution in [3.05, 3.63) is 16.7 Å². The van der Waals surface area contributed by atoms with Crippen LogP contribution in [0.3, 0.4) is 0 Å². The van der Waals surface area contributed by atoms with E-state index < -0.39 is 12.0 Å². The van der Waals surface area contributed by atoms with Crippen LogP contribution in [0, 0.1) is 0 Å². The molecule has 10 nitrogen and oxygen atoms in total. The van der Waals surface area contributed by atoms with Crippen LogP contribution in [-0.2, 0) is 20.7 Å². The molecule has 2 N–H and O–H groups in total. The van der Waals surface area contributed by atoms with Gasteiger partial charge in [-0.25, -0.2) is 14.6 Å². The molecule has 0 aromatic carbocycles. The van der Waals surface area contributed by atoms with Crippen LogP contribution in [0.5, 0.6) is 0 Å². The van der Waals surface area contributed by atoms with Crippen molar-refractivity contribution in [3.8, 4) is 0 Å². The van der Waals surface area contributed by atoms with Crippen LogP contribution < -0.4 is 5.32 Å². The number of hydrogen-bond donors (Lipinski definition) is 2. The van der Waals surface area contributed by atoms with Crippen molar-refractivity contribution in [3.63, 3.8) is 0 Å². The Morgan fingerprint density at radius 3 is 2.68 bits per heavy atom. The molecular formula is C20H30ClN5O5. The Morgan fingerprint density at radius 2 is 2.03 bits per heavy atom. The number of H-pyrrole nitrogens is 1. The average Bonchev–Trinajstić information content (AvgIpc) is 3.40. The van der Waals surface area contributed by atoms with E-state index in [1.165, 1.54) is 7.11 Å². The minimum absolute atomic E-state index is 0.161. The molecule has 0 bridgehead atoms. The Balaban J connectivity index is 1.65. The summed E-state index contributed by atoms with van der Waals surface area (Å²) in [5, 5.41) is 3.25. The number of amides is 3. The number of aryl methyl sites for hydroxylation is 1. The van der Waals surface area contributed by atoms with Gasteiger partial charge in [-0.3, -0.25) is 4.79 Å². The van der Waals surface area contributed by atoms with Crippen molar-refractivity contribution >= 4 is 29.5 Å². The standard InChI is InChI=1S/C20H30ClN5O5/c1-4-12-16(21)24-17(22-12)18(27)23-13-8-10-25(11-15(13)31-5-2)20(29)26-9-6-7-14(26)19(28)30-3/h13-15H,4-11H2,1-3H3,(H,22,24)(H,23,27)/t13-,14+,15+/m1/s1. The number of hydrogen-bond acceptors (Lipinski definition) is 6. The smallest absolute Gasteiger partial charge is 0.328 e. The van der Waals surface area contributed by atoms with Crippen LogP contribution in [0.4, 0.5) is 4.79 Å². The summed E-state index contributed by atoms with van der Waals surface area (Å²) in [6.45, 7) is 5.52. The molecule has 172 valence electrons. The first-order chi connectivity index (χ1) is 14.9. The van der Waals surface area contributed by atoms with Gasteiger partial charge >= 0.3 is 12.0 Å². The number of carbonyl (C=O) groups excluding carboxylic acids is 3. The Labute approximate surface area is 186 Å². The lowest BCUT2D eigenvalue weighted by atomic mass is 10.0. The highest BCUT2D eigenvalue weighted by Gasteiger charge is 2.40. The highest BCUT2D eigenvalue weighted by molar-refractivity contribution is 6.30. The van der Waals surface area contributed by atoms with Crippen LogP contribution >= 0.6 is 11.6 Å². The van der Waals surface area contributed by atoms with E-state index in [4.69, 9.17) is 21.1 Å². The summed E-state index contributed by atoms with van der Waals surface area (Å²) in [6, 6.07) is -1.02. The molecule has 0 unspecified atom stereocenters. The van der Waals surface area contributed by atoms with E-state index in [0.717, 1.165) is 6.42 Å². The lowest BCUT2D eigenvalue weighted by molar-refractivity contribution is -0.145. The number of ether oxygens (including phenoxy) is 2. The molecular weight excluding hydrogens is 426 g/mol. The molecule has 2 fully saturated rings. The third kappa shape index (κ3) is 5.12. The number of likely N-dealkylation sites (tertiary alicyclic amines) is 2. The predicted octanol–water partition coefficient (Wildman–Crippen LogP) is 1.59. The molecule has 0 radical (unpaired) electrons. The maximum absolute atomic E-state index is 13.1. The SMILES string of the molecule is CCO[C@H]1CN(C(=O)N2CCC[C@H]2C(=O)OC)CC[C@H]1NC(=O)c1nc(Cl)c(CC)[nH]1. The number of piperidine rings is 1. The summed E-state index contributed by atoms with van der Waals surface area (Å²) in [5.74, 6) is -0.590. The molecule has 2 aliphatic heterocycles. The fraction of sp³-hybridized carbons (Fsp3) is 0.700. The first-order valence-electron chi connectivity index (χ1n) is 10.7. The molecule has 3 rings (SSSR count). The first-order valence-corrected chi connectivity index (χ1v) is 11.1. The molecule has 3 atom stereocenters. The highest BCUT2D eigenvalue weighted by Crippen LogP contribution is 2.23. The third-order valence-electron chi connectivity index (χ3n) is 5.80. The molecule has 11 heteroatoms. The van der Waals surface area contributed by atoms with Gasteiger partial charge in [0.1, 0.15) is 6.04 Å². The van der Waals surface area contributed by atoms with Gasteiger partial charge in [0.15, 0.2) is 11.0 Å². The monoisotopic (exact) mass is 455 g/mol. The van der Waals surface area contributed by atoms with E-state index in [2.05, 4.69) is 15.3 Å². The number of methoxy groups -OCH3 is 1. The molecule has 0 spiro atoms. The number of urea groups is 1. The normalized spacial score (nSPS) is 23.7. The van der Waals surface area contributed by atoms with Crippen molar-refractivity contribution in [1.82, 2.24) is 25.1 Å². The molecule has 0 aliphatic carbocycles. The topological polar surface area (TPSA) is 117 Å². The van der Waals surface area contributed by atoms with Crippen LogP contribution in [-0.4, -0.2) is 89.2 Å². The first kappa shape index (κ1) is 23.3. The third-order valence-corrected chi connectivity index (χ3v) is 6.11. The maximum Gasteiger partial charge on any atom is 0.328 e. The van der Waals surface area contributed by atoms with Gasteiger partial charge in [-0.15, -0.1) is 0 Å². The molecule has 3 amide bonds. The number of rotatable bonds is 6. The lowest BCUT2D eigenvalue weighted by Crippen LogP contribution is -2.59. The number of esters is 1. The van der Waals surface area contributed by atoms with Gasteiger partial charge in [-0.2, -0.15) is 0 Å². The predicted molar refractivity (Wildman–Crippen MR) is 113 cm³/mol. The summed E-state index contributed by atoms with van der Waals surface area (Å²) in [5.41, 5.74) is 0.708. The van der Waals surface area contributed by atoms with E-state index in [1.807, 2.05) is 13.8 Å². The zero-order valence-electron chi connectivity index (χ0n) is 18.1. The Bertz CT molecular complexity index is 816. The average molecular weight is 456 g/mol. The maximum atomic E-state index is 13.1. The van der Waals surface area contributed by atoms with Crippen molar-refractivity contribution in [2.45, 2.75) is 57.7 Å². The quantitative estimate of drug-likeness (QED) is 0.629. The lowest BCUT2D eigenvalue weighted by Gasteiger charge is -2.40. The van der Waals surface area contributed by atoms with Gasteiger partial charge in [0.05, 0.1) is 31.5 Å². The van der Waals surface area contributed by atoms with Crippen LogP contribution in [0.1, 0.15) is 49.4 Å². The number of carbonyl (C=O) groups is 3. The summed E-state index contributed by atoms with van der Waals surface area (Å²) in [6.07, 6.45) is 2.16. The number of halogens is 1. The Kier molecular flexibility index (Phi) is 7.77. The molecule has 0 saturated carbocycles. The van der Waals surface area contributed by atoms with Crippen LogP contribution in [0.15, 0.2) is 0 Å². The number of aromatic nitrogens is 2. The second-order valence-corrected chi connectivity index (χ2v) is 8.03. The van der Waals surface area contributed by atoms with E-state index in [0.29, 0.717) is 56.4 Å². The van der Waals surface area contributed by atoms with Crippen molar-refractivity contribution in [1.29, 1.82) is 0 Å². The van der Waals surface area contributed by atoms with E-state index in [9.17, 15) is 14.4 Å². The zero-order valence-corrected chi connectivity index (χ0v) is 18.9. The van der Waals surface area contributed by atoms with Gasteiger partial charge in [-0.1, -0.05) is 18.5 Å². The minimum atomic E-state index is -0.545. The van der Waals surface area contributed by atoms with Crippen LogP contribution in [0.25, 0.3) is 0 Å². The molecule has 1 aromatic rings. The van der Waals surface area contributed by atoms with E-state index >= 15 is 0 Å². The number of nitrogens with zero attached hydrogens (tertiary/aromatic N) is 3. The molecule has 1 aromatic heterocycles. The van der Waals surface area contributed by atoms with Crippen molar-refractivity contribution in [2.75, 3.05) is 33.4 Å². The van der Waals surface area contributed by atoms with Gasteiger partial charge in [0.25, 0.3) is 5.91 Å². The van der Waals surface area contributed by atoms with Crippen molar-refractivity contribution < 1.29 is 23.9 Å².